The predicted molar refractivity (Wildman–Crippen MR) is 77.6 cm³/mol. The molecule has 1 fully saturated rings. The molecule has 6 heteroatoms. The molecule has 0 amide bonds. The number of sulfonamides is 1. The maximum absolute atomic E-state index is 12.0. The Morgan fingerprint density at radius 3 is 2.53 bits per heavy atom. The SMILES string of the molecule is CCC1(Nc2ccc(N)cc2S(=O)(=O)NC)CCC1. The maximum Gasteiger partial charge on any atom is 0.242 e. The lowest BCUT2D eigenvalue weighted by molar-refractivity contribution is 0.269. The minimum absolute atomic E-state index is 0.0358. The molecule has 4 N–H and O–H groups in total. The first-order valence-corrected chi connectivity index (χ1v) is 8.02. The Balaban J connectivity index is 2.40. The van der Waals surface area contributed by atoms with Crippen LogP contribution in [0.5, 0.6) is 0 Å². The highest BCUT2D eigenvalue weighted by Gasteiger charge is 2.36. The second-order valence-electron chi connectivity index (χ2n) is 5.08. The van der Waals surface area contributed by atoms with Gasteiger partial charge in [-0.15, -0.1) is 0 Å². The van der Waals surface area contributed by atoms with Crippen molar-refractivity contribution in [1.29, 1.82) is 0 Å². The summed E-state index contributed by atoms with van der Waals surface area (Å²) in [6.45, 7) is 2.12. The first-order valence-electron chi connectivity index (χ1n) is 6.54. The normalized spacial score (nSPS) is 17.8. The molecule has 1 aliphatic carbocycles. The fourth-order valence-electron chi connectivity index (χ4n) is 2.43. The average molecular weight is 283 g/mol. The molecular formula is C13H21N3O2S. The molecule has 0 aromatic heterocycles. The molecule has 2 rings (SSSR count). The van der Waals surface area contributed by atoms with E-state index in [0.29, 0.717) is 11.4 Å². The summed E-state index contributed by atoms with van der Waals surface area (Å²) in [6.07, 6.45) is 4.32. The topological polar surface area (TPSA) is 84.2 Å². The summed E-state index contributed by atoms with van der Waals surface area (Å²) in [5.74, 6) is 0. The van der Waals surface area contributed by atoms with E-state index in [4.69, 9.17) is 5.73 Å². The molecule has 1 aliphatic rings. The molecule has 5 nitrogen and oxygen atoms in total. The van der Waals surface area contributed by atoms with Crippen LogP contribution in [0.3, 0.4) is 0 Å². The second-order valence-corrected chi connectivity index (χ2v) is 6.93. The molecular weight excluding hydrogens is 262 g/mol. The van der Waals surface area contributed by atoms with E-state index in [1.165, 1.54) is 19.5 Å². The predicted octanol–water partition coefficient (Wildman–Crippen LogP) is 1.92. The van der Waals surface area contributed by atoms with Gasteiger partial charge in [-0.05, 0) is 50.9 Å². The van der Waals surface area contributed by atoms with Gasteiger partial charge in [-0.2, -0.15) is 0 Å². The molecule has 0 atom stereocenters. The molecule has 0 saturated heterocycles. The van der Waals surface area contributed by atoms with Gasteiger partial charge in [0.05, 0.1) is 5.69 Å². The lowest BCUT2D eigenvalue weighted by Gasteiger charge is -2.43. The van der Waals surface area contributed by atoms with E-state index < -0.39 is 10.0 Å². The van der Waals surface area contributed by atoms with Crippen LogP contribution in [0.15, 0.2) is 23.1 Å². The molecule has 1 aromatic rings. The highest BCUT2D eigenvalue weighted by Crippen LogP contribution is 2.39. The number of hydrogen-bond acceptors (Lipinski definition) is 4. The molecule has 0 bridgehead atoms. The standard InChI is InChI=1S/C13H21N3O2S/c1-3-13(7-4-8-13)16-11-6-5-10(14)9-12(11)19(17,18)15-2/h5-6,9,15-16H,3-4,7-8,14H2,1-2H3. The van der Waals surface area contributed by atoms with Crippen molar-refractivity contribution in [3.05, 3.63) is 18.2 Å². The lowest BCUT2D eigenvalue weighted by atomic mass is 9.74. The average Bonchev–Trinajstić information content (AvgIpc) is 2.35. The van der Waals surface area contributed by atoms with Crippen LogP contribution in [0, 0.1) is 0 Å². The zero-order valence-corrected chi connectivity index (χ0v) is 12.2. The summed E-state index contributed by atoms with van der Waals surface area (Å²) < 4.78 is 26.4. The van der Waals surface area contributed by atoms with Gasteiger partial charge in [0, 0.05) is 11.2 Å². The van der Waals surface area contributed by atoms with Crippen molar-refractivity contribution in [3.63, 3.8) is 0 Å². The molecule has 0 aliphatic heterocycles. The number of nitrogen functional groups attached to an aromatic ring is 1. The van der Waals surface area contributed by atoms with Crippen LogP contribution < -0.4 is 15.8 Å². The Morgan fingerprint density at radius 1 is 1.37 bits per heavy atom. The van der Waals surface area contributed by atoms with E-state index in [0.717, 1.165) is 19.3 Å². The van der Waals surface area contributed by atoms with E-state index in [9.17, 15) is 8.42 Å². The van der Waals surface area contributed by atoms with Crippen molar-refractivity contribution in [2.24, 2.45) is 0 Å². The minimum atomic E-state index is -3.51. The fraction of sp³-hybridized carbons (Fsp3) is 0.538. The van der Waals surface area contributed by atoms with Crippen LogP contribution in [-0.4, -0.2) is 21.0 Å². The summed E-state index contributed by atoms with van der Waals surface area (Å²) in [5, 5.41) is 3.40. The van der Waals surface area contributed by atoms with Gasteiger partial charge in [-0.1, -0.05) is 6.92 Å². The Labute approximate surface area is 114 Å². The molecule has 0 spiro atoms. The zero-order valence-electron chi connectivity index (χ0n) is 11.4. The van der Waals surface area contributed by atoms with E-state index in [-0.39, 0.29) is 10.4 Å². The summed E-state index contributed by atoms with van der Waals surface area (Å²) in [5.41, 5.74) is 6.81. The molecule has 0 radical (unpaired) electrons. The Kier molecular flexibility index (Phi) is 3.73. The summed E-state index contributed by atoms with van der Waals surface area (Å²) >= 11 is 0. The molecule has 0 unspecified atom stereocenters. The van der Waals surface area contributed by atoms with Gasteiger partial charge in [0.2, 0.25) is 10.0 Å². The van der Waals surface area contributed by atoms with Gasteiger partial charge in [-0.25, -0.2) is 13.1 Å². The number of nitrogens with one attached hydrogen (secondary N) is 2. The first-order chi connectivity index (χ1) is 8.92. The lowest BCUT2D eigenvalue weighted by Crippen LogP contribution is -2.44. The first kappa shape index (κ1) is 14.1. The second kappa shape index (κ2) is 5.02. The zero-order chi connectivity index (χ0) is 14.1. The van der Waals surface area contributed by atoms with Gasteiger partial charge >= 0.3 is 0 Å². The quantitative estimate of drug-likeness (QED) is 0.721. The van der Waals surface area contributed by atoms with Crippen molar-refractivity contribution < 1.29 is 8.42 Å². The van der Waals surface area contributed by atoms with Gasteiger partial charge in [0.15, 0.2) is 0 Å². The van der Waals surface area contributed by atoms with Crippen LogP contribution in [0.4, 0.5) is 11.4 Å². The van der Waals surface area contributed by atoms with E-state index in [1.807, 2.05) is 0 Å². The van der Waals surface area contributed by atoms with Crippen molar-refractivity contribution in [2.45, 2.75) is 43.0 Å². The third-order valence-corrected chi connectivity index (χ3v) is 5.41. The van der Waals surface area contributed by atoms with Crippen molar-refractivity contribution in [3.8, 4) is 0 Å². The Hall–Kier alpha value is -1.27. The van der Waals surface area contributed by atoms with Crippen LogP contribution in [0.25, 0.3) is 0 Å². The number of hydrogen-bond donors (Lipinski definition) is 3. The third kappa shape index (κ3) is 2.69. The molecule has 106 valence electrons. The summed E-state index contributed by atoms with van der Waals surface area (Å²) in [4.78, 5) is 0.217. The highest BCUT2D eigenvalue weighted by atomic mass is 32.2. The Bertz CT molecular complexity index is 560. The molecule has 1 saturated carbocycles. The minimum Gasteiger partial charge on any atom is -0.399 e. The molecule has 0 heterocycles. The van der Waals surface area contributed by atoms with E-state index >= 15 is 0 Å². The smallest absolute Gasteiger partial charge is 0.242 e. The van der Waals surface area contributed by atoms with Gasteiger partial charge in [0.1, 0.15) is 4.90 Å². The third-order valence-electron chi connectivity index (χ3n) is 3.95. The van der Waals surface area contributed by atoms with Crippen LogP contribution in [0.1, 0.15) is 32.6 Å². The summed E-state index contributed by atoms with van der Waals surface area (Å²) in [7, 11) is -2.10. The van der Waals surface area contributed by atoms with Gasteiger partial charge < -0.3 is 11.1 Å². The van der Waals surface area contributed by atoms with E-state index in [2.05, 4.69) is 17.0 Å². The van der Waals surface area contributed by atoms with Gasteiger partial charge in [-0.3, -0.25) is 0 Å². The number of rotatable bonds is 5. The van der Waals surface area contributed by atoms with Crippen molar-refractivity contribution in [2.75, 3.05) is 18.1 Å². The fourth-order valence-corrected chi connectivity index (χ4v) is 3.35. The maximum atomic E-state index is 12.0. The van der Waals surface area contributed by atoms with Gasteiger partial charge in [0.25, 0.3) is 0 Å². The largest absolute Gasteiger partial charge is 0.399 e. The monoisotopic (exact) mass is 283 g/mol. The van der Waals surface area contributed by atoms with Crippen LogP contribution in [-0.2, 0) is 10.0 Å². The van der Waals surface area contributed by atoms with Crippen LogP contribution in [0.2, 0.25) is 0 Å². The van der Waals surface area contributed by atoms with E-state index in [1.54, 1.807) is 12.1 Å². The Morgan fingerprint density at radius 2 is 2.05 bits per heavy atom. The van der Waals surface area contributed by atoms with Crippen molar-refractivity contribution >= 4 is 21.4 Å². The number of benzene rings is 1. The molecule has 1 aromatic carbocycles. The summed E-state index contributed by atoms with van der Waals surface area (Å²) in [6, 6.07) is 4.96. The van der Waals surface area contributed by atoms with Crippen molar-refractivity contribution in [1.82, 2.24) is 4.72 Å². The molecule has 19 heavy (non-hydrogen) atoms. The van der Waals surface area contributed by atoms with Crippen LogP contribution >= 0.6 is 0 Å². The number of nitrogens with two attached hydrogens (primary N) is 1. The highest BCUT2D eigenvalue weighted by molar-refractivity contribution is 7.89. The number of anilines is 2.